The summed E-state index contributed by atoms with van der Waals surface area (Å²) in [6, 6.07) is 1.23. The van der Waals surface area contributed by atoms with E-state index in [9.17, 15) is 9.59 Å². The quantitative estimate of drug-likeness (QED) is 0.226. The summed E-state index contributed by atoms with van der Waals surface area (Å²) in [7, 11) is 2.10. The van der Waals surface area contributed by atoms with Gasteiger partial charge in [0.2, 0.25) is 11.9 Å². The Balaban J connectivity index is 2.07. The molecule has 0 saturated carbocycles. The average molecular weight is 522 g/mol. The summed E-state index contributed by atoms with van der Waals surface area (Å²) in [4.78, 5) is 36.8. The predicted molar refractivity (Wildman–Crippen MR) is 143 cm³/mol. The number of carbonyl (C=O) groups excluding carboxylic acids is 2. The van der Waals surface area contributed by atoms with Gasteiger partial charge in [0.25, 0.3) is 0 Å². The van der Waals surface area contributed by atoms with Crippen LogP contribution in [-0.2, 0) is 14.3 Å². The van der Waals surface area contributed by atoms with Crippen LogP contribution in [0.25, 0.3) is 0 Å². The molecule has 2 aliphatic rings. The Morgan fingerprint density at radius 1 is 1.14 bits per heavy atom. The lowest BCUT2D eigenvalue weighted by Gasteiger charge is -2.32. The van der Waals surface area contributed by atoms with Crippen LogP contribution in [0.15, 0.2) is 4.99 Å². The molecule has 2 fully saturated rings. The summed E-state index contributed by atoms with van der Waals surface area (Å²) in [5.74, 6) is 0.000189. The topological polar surface area (TPSA) is 123 Å². The maximum Gasteiger partial charge on any atom is 0.414 e. The van der Waals surface area contributed by atoms with Crippen molar-refractivity contribution in [1.82, 2.24) is 25.3 Å². The monoisotopic (exact) mass is 521 g/mol. The molecule has 11 heteroatoms. The van der Waals surface area contributed by atoms with E-state index in [1.54, 1.807) is 0 Å². The number of ether oxygens (including phenoxy) is 2. The van der Waals surface area contributed by atoms with Crippen LogP contribution in [0.5, 0.6) is 0 Å². The first-order valence-corrected chi connectivity index (χ1v) is 13.6. The van der Waals surface area contributed by atoms with E-state index in [4.69, 9.17) is 19.7 Å². The minimum Gasteiger partial charge on any atom is -0.448 e. The number of nitriles is 1. The number of hydrogen-bond donors (Lipinski definition) is 2. The number of amides is 2. The van der Waals surface area contributed by atoms with Crippen molar-refractivity contribution >= 4 is 18.0 Å². The van der Waals surface area contributed by atoms with E-state index < -0.39 is 12.1 Å². The number of aliphatic imine (C=N–C) groups is 1. The second-order valence-corrected chi connectivity index (χ2v) is 10.7. The number of hydrogen-bond acceptors (Lipinski definition) is 8. The third-order valence-electron chi connectivity index (χ3n) is 6.99. The van der Waals surface area contributed by atoms with E-state index in [1.165, 1.54) is 0 Å². The van der Waals surface area contributed by atoms with E-state index in [0.717, 1.165) is 51.9 Å². The fourth-order valence-corrected chi connectivity index (χ4v) is 4.39. The van der Waals surface area contributed by atoms with Crippen molar-refractivity contribution in [2.24, 2.45) is 10.4 Å². The molecule has 37 heavy (non-hydrogen) atoms. The molecule has 0 aromatic carbocycles. The number of alkyl carbamates (subject to hydrolysis) is 1. The molecule has 2 saturated heterocycles. The van der Waals surface area contributed by atoms with Crippen LogP contribution in [0, 0.1) is 16.7 Å². The largest absolute Gasteiger partial charge is 0.448 e. The van der Waals surface area contributed by atoms with Crippen molar-refractivity contribution in [3.63, 3.8) is 0 Å². The standard InChI is InChI=1S/C26H47N7O4/c1-5-6-8-26(2,3)9-7-22(23(34)28-11-10-27)29-24(33-17-19-36-20-18-33)30-25(35)37-21-16-32-14-12-31(4)13-15-32/h22H,5-9,11-21H2,1-4H3,(H,28,34)(H,29,30,35)/t22-/m0/s1. The number of piperazine rings is 1. The smallest absolute Gasteiger partial charge is 0.414 e. The average Bonchev–Trinajstić information content (AvgIpc) is 2.89. The van der Waals surface area contributed by atoms with Gasteiger partial charge in [-0.3, -0.25) is 15.0 Å². The summed E-state index contributed by atoms with van der Waals surface area (Å²) in [6.07, 6.45) is 4.04. The second kappa shape index (κ2) is 16.4. The van der Waals surface area contributed by atoms with Crippen molar-refractivity contribution in [2.45, 2.75) is 58.9 Å². The molecule has 2 heterocycles. The molecular formula is C26H47N7O4. The molecule has 0 aromatic heterocycles. The zero-order valence-electron chi connectivity index (χ0n) is 23.3. The number of carbonyl (C=O) groups is 2. The van der Waals surface area contributed by atoms with Gasteiger partial charge < -0.3 is 24.6 Å². The van der Waals surface area contributed by atoms with Crippen molar-refractivity contribution in [3.8, 4) is 6.07 Å². The van der Waals surface area contributed by atoms with Gasteiger partial charge in [-0.05, 0) is 31.7 Å². The highest BCUT2D eigenvalue weighted by molar-refractivity contribution is 5.95. The van der Waals surface area contributed by atoms with Crippen LogP contribution in [0.4, 0.5) is 4.79 Å². The van der Waals surface area contributed by atoms with E-state index in [1.807, 2.05) is 11.0 Å². The normalized spacial score (nSPS) is 18.7. The van der Waals surface area contributed by atoms with Crippen LogP contribution >= 0.6 is 0 Å². The van der Waals surface area contributed by atoms with E-state index >= 15 is 0 Å². The number of guanidine groups is 1. The summed E-state index contributed by atoms with van der Waals surface area (Å²) in [5, 5.41) is 14.4. The fraction of sp³-hybridized carbons (Fsp3) is 0.846. The Labute approximate surface area is 222 Å². The van der Waals surface area contributed by atoms with Crippen molar-refractivity contribution in [1.29, 1.82) is 5.26 Å². The molecule has 2 N–H and O–H groups in total. The molecule has 0 unspecified atom stereocenters. The first-order chi connectivity index (χ1) is 17.7. The fourth-order valence-electron chi connectivity index (χ4n) is 4.39. The zero-order chi connectivity index (χ0) is 27.1. The first kappa shape index (κ1) is 30.8. The van der Waals surface area contributed by atoms with Gasteiger partial charge in [-0.2, -0.15) is 5.26 Å². The molecule has 2 aliphatic heterocycles. The zero-order valence-corrected chi connectivity index (χ0v) is 23.3. The highest BCUT2D eigenvalue weighted by Crippen LogP contribution is 2.30. The molecule has 0 spiro atoms. The Morgan fingerprint density at radius 2 is 1.84 bits per heavy atom. The van der Waals surface area contributed by atoms with E-state index in [0.29, 0.717) is 45.2 Å². The van der Waals surface area contributed by atoms with E-state index in [-0.39, 0.29) is 24.5 Å². The lowest BCUT2D eigenvalue weighted by molar-refractivity contribution is -0.122. The lowest BCUT2D eigenvalue weighted by atomic mass is 9.81. The van der Waals surface area contributed by atoms with Gasteiger partial charge in [0.15, 0.2) is 0 Å². The molecule has 210 valence electrons. The number of nitrogens with one attached hydrogen (secondary N) is 2. The predicted octanol–water partition coefficient (Wildman–Crippen LogP) is 1.65. The maximum absolute atomic E-state index is 12.9. The van der Waals surface area contributed by atoms with E-state index in [2.05, 4.69) is 48.3 Å². The Hall–Kier alpha value is -2.42. The molecule has 2 rings (SSSR count). The van der Waals surface area contributed by atoms with Crippen molar-refractivity contribution < 1.29 is 19.1 Å². The van der Waals surface area contributed by atoms with Gasteiger partial charge in [-0.15, -0.1) is 0 Å². The van der Waals surface area contributed by atoms with Crippen LogP contribution < -0.4 is 10.6 Å². The number of morpholine rings is 1. The van der Waals surface area contributed by atoms with Crippen LogP contribution in [0.1, 0.15) is 52.9 Å². The molecule has 2 amide bonds. The summed E-state index contributed by atoms with van der Waals surface area (Å²) < 4.78 is 10.9. The number of nitrogens with zero attached hydrogens (tertiary/aromatic N) is 5. The molecule has 1 atom stereocenters. The summed E-state index contributed by atoms with van der Waals surface area (Å²) in [6.45, 7) is 13.5. The first-order valence-electron chi connectivity index (χ1n) is 13.6. The highest BCUT2D eigenvalue weighted by atomic mass is 16.5. The van der Waals surface area contributed by atoms with Gasteiger partial charge in [0.05, 0.1) is 19.3 Å². The molecule has 0 aromatic rings. The van der Waals surface area contributed by atoms with Gasteiger partial charge in [-0.25, -0.2) is 9.79 Å². The second-order valence-electron chi connectivity index (χ2n) is 10.7. The Bertz CT molecular complexity index is 769. The van der Waals surface area contributed by atoms with Crippen molar-refractivity contribution in [3.05, 3.63) is 0 Å². The van der Waals surface area contributed by atoms with Crippen molar-refractivity contribution in [2.75, 3.05) is 79.2 Å². The molecule has 0 radical (unpaired) electrons. The van der Waals surface area contributed by atoms with Gasteiger partial charge in [0.1, 0.15) is 19.2 Å². The minimum atomic E-state index is -0.724. The molecule has 0 bridgehead atoms. The minimum absolute atomic E-state index is 0.0635. The van der Waals surface area contributed by atoms with Crippen LogP contribution in [0.3, 0.4) is 0 Å². The molecule has 0 aliphatic carbocycles. The van der Waals surface area contributed by atoms with Crippen LogP contribution in [-0.4, -0.2) is 118 Å². The third kappa shape index (κ3) is 12.1. The number of rotatable bonds is 12. The van der Waals surface area contributed by atoms with Gasteiger partial charge >= 0.3 is 6.09 Å². The number of likely N-dealkylation sites (N-methyl/N-ethyl adjacent to an activating group) is 1. The Morgan fingerprint density at radius 3 is 2.49 bits per heavy atom. The maximum atomic E-state index is 12.9. The van der Waals surface area contributed by atoms with Gasteiger partial charge in [-0.1, -0.05) is 33.6 Å². The third-order valence-corrected chi connectivity index (χ3v) is 6.99. The van der Waals surface area contributed by atoms with Gasteiger partial charge in [0, 0.05) is 45.8 Å². The van der Waals surface area contributed by atoms with Crippen LogP contribution in [0.2, 0.25) is 0 Å². The summed E-state index contributed by atoms with van der Waals surface area (Å²) >= 11 is 0. The SMILES string of the molecule is CCCCC(C)(C)CC[C@H](N=C(NC(=O)OCCN1CCN(C)CC1)N1CCOCC1)C(=O)NCC#N. The highest BCUT2D eigenvalue weighted by Gasteiger charge is 2.26. The molecular weight excluding hydrogens is 474 g/mol. The Kier molecular flexibility index (Phi) is 13.7. The summed E-state index contributed by atoms with van der Waals surface area (Å²) in [5.41, 5.74) is 0.0635. The molecule has 11 nitrogen and oxygen atoms in total. The lowest BCUT2D eigenvalue weighted by Crippen LogP contribution is -2.51. The number of unbranched alkanes of at least 4 members (excludes halogenated alkanes) is 1.